The fraction of sp³-hybridized carbons (Fsp3) is 0.755. The highest BCUT2D eigenvalue weighted by Gasteiger charge is 2.53. The second kappa shape index (κ2) is 27.7. The summed E-state index contributed by atoms with van der Waals surface area (Å²) in [4.78, 5) is 72.3. The predicted molar refractivity (Wildman–Crippen MR) is 267 cm³/mol. The van der Waals surface area contributed by atoms with Crippen molar-refractivity contribution in [3.8, 4) is 0 Å². The number of sulfonamides is 1. The van der Waals surface area contributed by atoms with Crippen LogP contribution in [0.2, 0.25) is 0 Å². The number of aliphatic hydroxyl groups excluding tert-OH is 2. The van der Waals surface area contributed by atoms with Crippen LogP contribution in [0, 0.1) is 35.5 Å². The summed E-state index contributed by atoms with van der Waals surface area (Å²) in [6.07, 6.45) is 9.50. The zero-order chi connectivity index (χ0) is 52.8. The van der Waals surface area contributed by atoms with Crippen LogP contribution in [0.25, 0.3) is 0 Å². The van der Waals surface area contributed by atoms with E-state index in [-0.39, 0.29) is 80.0 Å². The molecule has 3 aliphatic heterocycles. The van der Waals surface area contributed by atoms with Gasteiger partial charge >= 0.3 is 5.97 Å². The molecule has 4 aliphatic rings. The van der Waals surface area contributed by atoms with Crippen molar-refractivity contribution in [2.24, 2.45) is 35.5 Å². The number of ketones is 3. The summed E-state index contributed by atoms with van der Waals surface area (Å²) >= 11 is 0. The lowest BCUT2D eigenvalue weighted by Crippen LogP contribution is -2.61. The largest absolute Gasteiger partial charge is 0.460 e. The molecule has 1 saturated carbocycles. The summed E-state index contributed by atoms with van der Waals surface area (Å²) < 4.78 is 57.8. The van der Waals surface area contributed by atoms with Crippen molar-refractivity contribution in [1.82, 2.24) is 9.62 Å². The van der Waals surface area contributed by atoms with E-state index in [1.807, 2.05) is 26.0 Å². The maximum Gasteiger partial charge on any atom is 0.329 e. The number of aliphatic hydroxyl groups is 3. The normalized spacial score (nSPS) is 37.1. The van der Waals surface area contributed by atoms with Gasteiger partial charge in [-0.3, -0.25) is 19.2 Å². The van der Waals surface area contributed by atoms with Gasteiger partial charge in [-0.25, -0.2) is 17.9 Å². The summed E-state index contributed by atoms with van der Waals surface area (Å²) in [5, 5.41) is 34.1. The van der Waals surface area contributed by atoms with Gasteiger partial charge in [-0.2, -0.15) is 0 Å². The molecule has 3 fully saturated rings. The van der Waals surface area contributed by atoms with Crippen molar-refractivity contribution in [3.63, 3.8) is 0 Å². The fourth-order valence-electron chi connectivity index (χ4n) is 10.5. The van der Waals surface area contributed by atoms with E-state index < -0.39 is 93.8 Å². The molecule has 0 radical (unpaired) electrons. The number of fused-ring (bicyclic) bond motifs is 3. The average molecular weight is 1020 g/mol. The molecule has 0 spiro atoms. The SMILES string of the molecule is COCCS(=O)(=O)NC1C[C@@H]2CC[C@@H](C)[C@@](O)(O2)C(=O)C(=O)N2CCCC[C@H]2C(=O)O[C@H]([C@H](C)C[C@@H]2CC[C@@H](O)[C@H](OC)C2)CC(=O)[C@H](C)/C=C(\C)[C@@H](O)[C@@H](OC)C(=O)[C@H](C)C[C@H](C)/C=C/C=CC=C1C. The number of carbonyl (C=O) groups excluding carboxylic acids is 5. The number of rotatable bonds is 10. The first-order valence-corrected chi connectivity index (χ1v) is 27.2. The van der Waals surface area contributed by atoms with Crippen molar-refractivity contribution < 1.29 is 71.4 Å². The molecule has 4 N–H and O–H groups in total. The minimum Gasteiger partial charge on any atom is -0.460 e. The zero-order valence-corrected chi connectivity index (χ0v) is 44.6. The number of carbonyl (C=O) groups is 5. The molecule has 1 aliphatic carbocycles. The maximum atomic E-state index is 14.5. The molecular weight excluding hydrogens is 937 g/mol. The number of methoxy groups -OCH3 is 3. The van der Waals surface area contributed by atoms with Gasteiger partial charge in [0.1, 0.15) is 30.1 Å². The van der Waals surface area contributed by atoms with Crippen LogP contribution in [0.15, 0.2) is 47.6 Å². The molecule has 18 heteroatoms. The number of Topliss-reactive ketones (excluding diaryl/α,β-unsaturated/α-hetero) is 3. The van der Waals surface area contributed by atoms with Crippen LogP contribution in [0.3, 0.4) is 0 Å². The lowest BCUT2D eigenvalue weighted by Gasteiger charge is -2.43. The molecule has 71 heavy (non-hydrogen) atoms. The molecule has 4 rings (SSSR count). The van der Waals surface area contributed by atoms with Gasteiger partial charge in [0.05, 0.1) is 30.7 Å². The lowest BCUT2D eigenvalue weighted by molar-refractivity contribution is -0.264. The highest BCUT2D eigenvalue weighted by Crippen LogP contribution is 2.38. The number of nitrogens with one attached hydrogen (secondary N) is 1. The Hall–Kier alpha value is -3.46. The molecule has 1 unspecified atom stereocenters. The molecule has 0 aromatic rings. The number of hydrogen-bond donors (Lipinski definition) is 4. The van der Waals surface area contributed by atoms with Gasteiger partial charge in [0, 0.05) is 58.1 Å². The quantitative estimate of drug-likeness (QED) is 0.126. The number of hydrogen-bond acceptors (Lipinski definition) is 15. The summed E-state index contributed by atoms with van der Waals surface area (Å²) in [7, 11) is 0.410. The standard InChI is InChI=1S/C53H84N2O15S/c1-32-16-12-11-13-17-33(2)41(54-71(64,65)25-24-66-8)30-40-21-19-38(7)53(63,70-40)50(60)51(61)55-23-15-14-18-42(55)52(62)69-45(35(4)28-39-20-22-43(56)46(29-39)67-9)31-44(57)34(3)27-37(6)48(59)49(68-10)47(58)36(5)26-32/h11-13,16-17,27,32,34-36,38-43,45-46,48-49,54,56,59,63H,14-15,18-26,28-31H2,1-10H3/b13-11?,16-12+,33-17?,37-27+/t32-,34-,35-,36-,38-,39+,40+,41?,42+,43-,45+,46-,48-,49+,53-/m1/s1. The first-order chi connectivity index (χ1) is 33.5. The summed E-state index contributed by atoms with van der Waals surface area (Å²) in [6, 6.07) is -2.06. The Labute approximate surface area is 422 Å². The van der Waals surface area contributed by atoms with Crippen molar-refractivity contribution in [3.05, 3.63) is 47.6 Å². The number of amides is 1. The molecule has 402 valence electrons. The molecule has 1 amide bonds. The van der Waals surface area contributed by atoms with E-state index in [9.17, 15) is 47.7 Å². The Morgan fingerprint density at radius 2 is 1.61 bits per heavy atom. The Morgan fingerprint density at radius 1 is 0.887 bits per heavy atom. The van der Waals surface area contributed by atoms with E-state index in [4.69, 9.17) is 23.7 Å². The molecule has 3 heterocycles. The van der Waals surface area contributed by atoms with Crippen molar-refractivity contribution in [2.45, 2.75) is 180 Å². The summed E-state index contributed by atoms with van der Waals surface area (Å²) in [6.45, 7) is 12.2. The smallest absolute Gasteiger partial charge is 0.329 e. The van der Waals surface area contributed by atoms with Crippen molar-refractivity contribution >= 4 is 39.2 Å². The zero-order valence-electron chi connectivity index (χ0n) is 43.7. The molecule has 2 bridgehead atoms. The number of ether oxygens (including phenoxy) is 5. The maximum absolute atomic E-state index is 14.5. The van der Waals surface area contributed by atoms with E-state index >= 15 is 0 Å². The minimum absolute atomic E-state index is 0.00697. The lowest BCUT2D eigenvalue weighted by atomic mass is 9.78. The van der Waals surface area contributed by atoms with E-state index in [0.717, 1.165) is 4.90 Å². The van der Waals surface area contributed by atoms with Gasteiger partial charge in [-0.05, 0) is 108 Å². The molecular formula is C53H84N2O15S. The molecule has 15 atom stereocenters. The Bertz CT molecular complexity index is 2050. The monoisotopic (exact) mass is 1020 g/mol. The van der Waals surface area contributed by atoms with Crippen LogP contribution >= 0.6 is 0 Å². The van der Waals surface area contributed by atoms with Gasteiger partial charge in [-0.1, -0.05) is 76.6 Å². The van der Waals surface area contributed by atoms with Crippen LogP contribution in [-0.2, 0) is 57.7 Å². The van der Waals surface area contributed by atoms with Gasteiger partial charge in [0.15, 0.2) is 5.78 Å². The third-order valence-corrected chi connectivity index (χ3v) is 16.5. The summed E-state index contributed by atoms with van der Waals surface area (Å²) in [5.41, 5.74) is 0.954. The number of nitrogens with zero attached hydrogens (tertiary/aromatic N) is 1. The third kappa shape index (κ3) is 16.8. The van der Waals surface area contributed by atoms with Crippen LogP contribution in [-0.4, -0.2) is 153 Å². The Kier molecular flexibility index (Phi) is 23.5. The molecule has 17 nitrogen and oxygen atoms in total. The van der Waals surface area contributed by atoms with Crippen molar-refractivity contribution in [1.29, 1.82) is 0 Å². The molecule has 2 saturated heterocycles. The van der Waals surface area contributed by atoms with E-state index in [2.05, 4.69) is 4.72 Å². The third-order valence-electron chi connectivity index (χ3n) is 15.1. The minimum atomic E-state index is -3.89. The second-order valence-corrected chi connectivity index (χ2v) is 22.7. The van der Waals surface area contributed by atoms with Gasteiger partial charge < -0.3 is 43.9 Å². The topological polar surface area (TPSA) is 242 Å². The van der Waals surface area contributed by atoms with Crippen LogP contribution in [0.5, 0.6) is 0 Å². The number of piperidine rings is 1. The molecule has 0 aromatic carbocycles. The van der Waals surface area contributed by atoms with Crippen molar-refractivity contribution in [2.75, 3.05) is 40.2 Å². The first kappa shape index (κ1) is 60.1. The number of esters is 1. The number of allylic oxidation sites excluding steroid dienone is 6. The van der Waals surface area contributed by atoms with Crippen LogP contribution in [0.4, 0.5) is 0 Å². The highest BCUT2D eigenvalue weighted by atomic mass is 32.2. The van der Waals surface area contributed by atoms with E-state index in [1.54, 1.807) is 66.0 Å². The second-order valence-electron chi connectivity index (χ2n) is 20.8. The van der Waals surface area contributed by atoms with Crippen LogP contribution < -0.4 is 4.72 Å². The fourth-order valence-corrected chi connectivity index (χ4v) is 11.7. The Balaban J connectivity index is 1.75. The first-order valence-electron chi connectivity index (χ1n) is 25.6. The van der Waals surface area contributed by atoms with Crippen LogP contribution in [0.1, 0.15) is 126 Å². The predicted octanol–water partition coefficient (Wildman–Crippen LogP) is 5.10. The number of cyclic esters (lactones) is 1. The molecule has 0 aromatic heterocycles. The van der Waals surface area contributed by atoms with Gasteiger partial charge in [-0.15, -0.1) is 0 Å². The van der Waals surface area contributed by atoms with E-state index in [0.29, 0.717) is 62.5 Å². The Morgan fingerprint density at radius 3 is 2.28 bits per heavy atom. The van der Waals surface area contributed by atoms with E-state index in [1.165, 1.54) is 14.2 Å². The van der Waals surface area contributed by atoms with Gasteiger partial charge in [0.25, 0.3) is 11.7 Å². The summed E-state index contributed by atoms with van der Waals surface area (Å²) in [5.74, 6) is -9.18. The van der Waals surface area contributed by atoms with Gasteiger partial charge in [0.2, 0.25) is 15.8 Å². The average Bonchev–Trinajstić information content (AvgIpc) is 3.33. The highest BCUT2D eigenvalue weighted by molar-refractivity contribution is 7.89.